The van der Waals surface area contributed by atoms with E-state index in [1.165, 1.54) is 28.3 Å². The predicted octanol–water partition coefficient (Wildman–Crippen LogP) is 4.76. The summed E-state index contributed by atoms with van der Waals surface area (Å²) in [5, 5.41) is 21.4. The van der Waals surface area contributed by atoms with Crippen molar-refractivity contribution >= 4 is 70.3 Å². The van der Waals surface area contributed by atoms with Crippen LogP contribution in [0.15, 0.2) is 126 Å². The zero-order valence-corrected chi connectivity index (χ0v) is 40.8. The topological polar surface area (TPSA) is 324 Å². The molecule has 0 radical (unpaired) electrons. The van der Waals surface area contributed by atoms with Crippen LogP contribution in [0.2, 0.25) is 0 Å². The number of aromatic nitrogens is 1. The van der Waals surface area contributed by atoms with Crippen LogP contribution >= 0.6 is 11.6 Å². The van der Waals surface area contributed by atoms with Crippen LogP contribution in [0, 0.1) is 6.92 Å². The van der Waals surface area contributed by atoms with Gasteiger partial charge in [0.15, 0.2) is 5.78 Å². The first-order valence-electron chi connectivity index (χ1n) is 21.1. The molecule has 5 rings (SSSR count). The van der Waals surface area contributed by atoms with Gasteiger partial charge in [0.1, 0.15) is 17.8 Å². The molecule has 0 saturated carbocycles. The standard InChI is InChI=1S/C13H15NO4.C13H13NO3.C12H13NO5.C7H5ClO.C5H9NO4/c1-9(15)11(8-12(16)18-2)14-13(17)10-6-4-3-5-7-10;1-9-11(8-12(15)16-2)14-13(17-9)10-6-4-3-5-7-10;1-18-10(14)7-9(12(16)17)13-11(15)8-5-3-2-4-6-8;8-7(9)6-4-2-1-3-5-6;1-10-4(7)2-3(6)5(8)9/h3-7,11H,8H2,1-2H3,(H,14,17);3-7H,8H2,1-2H3;2-6,9H,7H2,1H3,(H,13,15)(H,16,17);1-5H;3H,2,6H2,1H3,(H,8,9). The summed E-state index contributed by atoms with van der Waals surface area (Å²) in [6.45, 7) is 3.11. The fourth-order valence-corrected chi connectivity index (χ4v) is 5.21. The number of nitrogens with zero attached hydrogens (tertiary/aromatic N) is 1. The van der Waals surface area contributed by atoms with Gasteiger partial charge in [0, 0.05) is 22.3 Å². The third kappa shape index (κ3) is 24.6. The summed E-state index contributed by atoms with van der Waals surface area (Å²) in [7, 11) is 4.92. The number of carboxylic acids is 2. The molecule has 1 heterocycles. The van der Waals surface area contributed by atoms with Gasteiger partial charge in [-0.05, 0) is 61.8 Å². The van der Waals surface area contributed by atoms with E-state index in [0.717, 1.165) is 12.7 Å². The van der Waals surface area contributed by atoms with E-state index in [4.69, 9.17) is 32.0 Å². The molecule has 384 valence electrons. The number of oxazole rings is 1. The van der Waals surface area contributed by atoms with Crippen molar-refractivity contribution in [3.63, 3.8) is 0 Å². The Kier molecular flexibility index (Phi) is 28.9. The maximum atomic E-state index is 11.8. The van der Waals surface area contributed by atoms with Crippen molar-refractivity contribution in [1.82, 2.24) is 15.6 Å². The highest BCUT2D eigenvalue weighted by atomic mass is 35.5. The van der Waals surface area contributed by atoms with Gasteiger partial charge in [-0.2, -0.15) is 0 Å². The average Bonchev–Trinajstić information content (AvgIpc) is 3.76. The van der Waals surface area contributed by atoms with E-state index >= 15 is 0 Å². The molecule has 1 aromatic heterocycles. The number of amides is 2. The second kappa shape index (κ2) is 33.9. The molecule has 3 atom stereocenters. The minimum absolute atomic E-state index is 0.138. The van der Waals surface area contributed by atoms with Gasteiger partial charge in [-0.3, -0.25) is 43.2 Å². The first-order chi connectivity index (χ1) is 34.2. The number of Topliss-reactive ketones (excluding diaryl/α,β-unsaturated/α-hetero) is 1. The van der Waals surface area contributed by atoms with Crippen molar-refractivity contribution in [3.05, 3.63) is 149 Å². The van der Waals surface area contributed by atoms with E-state index in [0.29, 0.717) is 34.0 Å². The number of methoxy groups -OCH3 is 4. The highest BCUT2D eigenvalue weighted by molar-refractivity contribution is 6.67. The zero-order valence-electron chi connectivity index (χ0n) is 40.0. The highest BCUT2D eigenvalue weighted by Crippen LogP contribution is 2.21. The van der Waals surface area contributed by atoms with Gasteiger partial charge in [-0.1, -0.05) is 84.9 Å². The number of ether oxygens (including phenoxy) is 4. The average molecular weight is 1020 g/mol. The number of nitrogens with one attached hydrogen (secondary N) is 2. The number of halogens is 1. The third-order valence-electron chi connectivity index (χ3n) is 9.05. The molecule has 4 aromatic carbocycles. The maximum Gasteiger partial charge on any atom is 0.326 e. The number of nitrogens with two attached hydrogens (primary N) is 1. The Morgan fingerprint density at radius 2 is 0.944 bits per heavy atom. The van der Waals surface area contributed by atoms with E-state index in [1.54, 1.807) is 91.9 Å². The number of carbonyl (C=O) groups excluding carboxylic acids is 8. The molecule has 0 fully saturated rings. The van der Waals surface area contributed by atoms with Crippen molar-refractivity contribution < 1.29 is 81.5 Å². The lowest BCUT2D eigenvalue weighted by atomic mass is 10.1. The predicted molar refractivity (Wildman–Crippen MR) is 258 cm³/mol. The molecule has 2 amide bonds. The number of hydrogen-bond donors (Lipinski definition) is 5. The lowest BCUT2D eigenvalue weighted by Gasteiger charge is -2.14. The van der Waals surface area contributed by atoms with Crippen molar-refractivity contribution in [1.29, 1.82) is 0 Å². The van der Waals surface area contributed by atoms with Crippen LogP contribution in [-0.2, 0) is 58.9 Å². The lowest BCUT2D eigenvalue weighted by Crippen LogP contribution is -2.42. The van der Waals surface area contributed by atoms with Crippen LogP contribution in [0.3, 0.4) is 0 Å². The van der Waals surface area contributed by atoms with Crippen LogP contribution in [-0.4, -0.2) is 120 Å². The molecular formula is C50H55ClN4O17. The summed E-state index contributed by atoms with van der Waals surface area (Å²) in [6.07, 6.45) is -0.723. The van der Waals surface area contributed by atoms with Crippen molar-refractivity contribution in [2.45, 2.75) is 57.7 Å². The van der Waals surface area contributed by atoms with Crippen molar-refractivity contribution in [2.24, 2.45) is 5.73 Å². The van der Waals surface area contributed by atoms with Gasteiger partial charge in [0.2, 0.25) is 5.89 Å². The molecule has 22 heteroatoms. The fraction of sp³-hybridized carbons (Fsp3) is 0.260. The Labute approximate surface area is 418 Å². The second-order valence-corrected chi connectivity index (χ2v) is 14.6. The molecule has 0 aliphatic carbocycles. The fourth-order valence-electron chi connectivity index (χ4n) is 5.08. The first kappa shape index (κ1) is 61.5. The quantitative estimate of drug-likeness (QED) is 0.0476. The molecule has 72 heavy (non-hydrogen) atoms. The van der Waals surface area contributed by atoms with E-state index < -0.39 is 65.5 Å². The number of aliphatic carboxylic acids is 2. The number of rotatable bonds is 17. The molecule has 21 nitrogen and oxygen atoms in total. The van der Waals surface area contributed by atoms with Gasteiger partial charge < -0.3 is 49.9 Å². The molecule has 0 bridgehead atoms. The molecule has 0 aliphatic rings. The number of aryl methyl sites for hydroxylation is 1. The second-order valence-electron chi connectivity index (χ2n) is 14.3. The summed E-state index contributed by atoms with van der Waals surface area (Å²) >= 11 is 5.16. The number of carboxylic acid groups (broad SMARTS) is 2. The Balaban J connectivity index is 0.000000462. The molecule has 0 saturated heterocycles. The van der Waals surface area contributed by atoms with Gasteiger partial charge >= 0.3 is 35.8 Å². The number of benzene rings is 4. The molecule has 6 N–H and O–H groups in total. The van der Waals surface area contributed by atoms with Crippen LogP contribution in [0.4, 0.5) is 0 Å². The van der Waals surface area contributed by atoms with E-state index in [-0.39, 0.29) is 36.9 Å². The maximum absolute atomic E-state index is 11.8. The van der Waals surface area contributed by atoms with Crippen LogP contribution < -0.4 is 16.4 Å². The summed E-state index contributed by atoms with van der Waals surface area (Å²) in [5.74, 6) is -4.71. The lowest BCUT2D eigenvalue weighted by molar-refractivity contribution is -0.147. The van der Waals surface area contributed by atoms with Gasteiger partial charge in [-0.25, -0.2) is 9.78 Å². The largest absolute Gasteiger partial charge is 0.480 e. The van der Waals surface area contributed by atoms with E-state index in [2.05, 4.69) is 34.6 Å². The Morgan fingerprint density at radius 1 is 0.569 bits per heavy atom. The number of hydrogen-bond acceptors (Lipinski definition) is 17. The molecule has 0 aliphatic heterocycles. The van der Waals surface area contributed by atoms with E-state index in [9.17, 15) is 47.9 Å². The van der Waals surface area contributed by atoms with Crippen LogP contribution in [0.5, 0.6) is 0 Å². The number of carbonyl (C=O) groups is 10. The Hall–Kier alpha value is -8.56. The normalized spacial score (nSPS) is 10.9. The van der Waals surface area contributed by atoms with Crippen molar-refractivity contribution in [3.8, 4) is 11.5 Å². The highest BCUT2D eigenvalue weighted by Gasteiger charge is 2.25. The molecule has 0 spiro atoms. The summed E-state index contributed by atoms with van der Waals surface area (Å²) in [5.41, 5.74) is 7.82. The smallest absolute Gasteiger partial charge is 0.326 e. The van der Waals surface area contributed by atoms with Gasteiger partial charge in [0.05, 0.1) is 65.9 Å². The Bertz CT molecular complexity index is 2460. The zero-order chi connectivity index (χ0) is 54.2. The number of esters is 4. The summed E-state index contributed by atoms with van der Waals surface area (Å²) < 4.78 is 23.2. The van der Waals surface area contributed by atoms with Gasteiger partial charge in [-0.15, -0.1) is 0 Å². The number of ketones is 1. The van der Waals surface area contributed by atoms with Gasteiger partial charge in [0.25, 0.3) is 17.1 Å². The third-order valence-corrected chi connectivity index (χ3v) is 9.27. The first-order valence-corrected chi connectivity index (χ1v) is 21.5. The molecule has 3 unspecified atom stereocenters. The SMILES string of the molecule is COC(=O)CC(N)C(=O)O.COC(=O)CC(NC(=O)c1ccccc1)C(=O)O.COC(=O)CC(NC(=O)c1ccccc1)C(C)=O.COC(=O)Cc1nc(-c2ccccc2)oc1C.O=C(Cl)c1ccccc1. The van der Waals surface area contributed by atoms with E-state index in [1.807, 2.05) is 36.4 Å². The Morgan fingerprint density at radius 3 is 1.31 bits per heavy atom. The molecular weight excluding hydrogens is 964 g/mol. The molecule has 5 aromatic rings. The van der Waals surface area contributed by atoms with Crippen LogP contribution in [0.1, 0.15) is 68.7 Å². The van der Waals surface area contributed by atoms with Crippen LogP contribution in [0.25, 0.3) is 11.5 Å². The monoisotopic (exact) mass is 1020 g/mol. The minimum atomic E-state index is -1.30. The summed E-state index contributed by atoms with van der Waals surface area (Å²) in [4.78, 5) is 114. The van der Waals surface area contributed by atoms with Crippen molar-refractivity contribution in [2.75, 3.05) is 28.4 Å². The minimum Gasteiger partial charge on any atom is -0.480 e. The summed E-state index contributed by atoms with van der Waals surface area (Å²) in [6, 6.07) is 31.6.